The first-order valence-electron chi connectivity index (χ1n) is 9.62. The summed E-state index contributed by atoms with van der Waals surface area (Å²) in [5, 5.41) is 4.35. The average molecular weight is 391 g/mol. The Morgan fingerprint density at radius 1 is 1.22 bits per heavy atom. The summed E-state index contributed by atoms with van der Waals surface area (Å²) in [5.74, 6) is 0.660. The summed E-state index contributed by atoms with van der Waals surface area (Å²) in [5.41, 5.74) is 4.18. The second kappa shape index (κ2) is 7.64. The molecular weight excluding hydrogens is 360 g/mol. The van der Waals surface area contributed by atoms with Gasteiger partial charge in [-0.15, -0.1) is 0 Å². The Morgan fingerprint density at radius 2 is 1.96 bits per heavy atom. The van der Waals surface area contributed by atoms with E-state index in [4.69, 9.17) is 0 Å². The van der Waals surface area contributed by atoms with Gasteiger partial charge in [0.25, 0.3) is 10.0 Å². The van der Waals surface area contributed by atoms with E-state index < -0.39 is 10.0 Å². The number of fused-ring (bicyclic) bond motifs is 1. The van der Waals surface area contributed by atoms with Crippen molar-refractivity contribution in [3.63, 3.8) is 0 Å². The smallest absolute Gasteiger partial charge is 0.265 e. The van der Waals surface area contributed by atoms with E-state index in [1.54, 1.807) is 18.5 Å². The van der Waals surface area contributed by atoms with Crippen molar-refractivity contribution in [1.29, 1.82) is 0 Å². The zero-order valence-corrected chi connectivity index (χ0v) is 17.7. The van der Waals surface area contributed by atoms with Crippen LogP contribution in [0.1, 0.15) is 49.7 Å². The van der Waals surface area contributed by atoms with Crippen LogP contribution in [-0.2, 0) is 29.7 Å². The van der Waals surface area contributed by atoms with Crippen LogP contribution in [-0.4, -0.2) is 29.6 Å². The molecule has 27 heavy (non-hydrogen) atoms. The Kier molecular flexibility index (Phi) is 5.63. The highest BCUT2D eigenvalue weighted by atomic mass is 32.2. The van der Waals surface area contributed by atoms with E-state index in [2.05, 4.69) is 34.6 Å². The molecule has 0 radical (unpaired) electrons. The van der Waals surface area contributed by atoms with Gasteiger partial charge in [-0.2, -0.15) is 5.10 Å². The lowest BCUT2D eigenvalue weighted by molar-refractivity contribution is 0.266. The molecule has 6 nitrogen and oxygen atoms in total. The van der Waals surface area contributed by atoms with Gasteiger partial charge in [0, 0.05) is 19.6 Å². The van der Waals surface area contributed by atoms with Crippen LogP contribution in [0.25, 0.3) is 0 Å². The highest BCUT2D eigenvalue weighted by molar-refractivity contribution is 7.92. The van der Waals surface area contributed by atoms with E-state index >= 15 is 0 Å². The van der Waals surface area contributed by atoms with E-state index in [0.717, 1.165) is 31.6 Å². The molecule has 1 aliphatic rings. The van der Waals surface area contributed by atoms with Crippen LogP contribution in [0.5, 0.6) is 0 Å². The fourth-order valence-electron chi connectivity index (χ4n) is 3.76. The number of benzene rings is 1. The van der Waals surface area contributed by atoms with Crippen molar-refractivity contribution in [3.8, 4) is 0 Å². The van der Waals surface area contributed by atoms with Crippen molar-refractivity contribution < 1.29 is 8.42 Å². The number of sulfonamides is 1. The van der Waals surface area contributed by atoms with Crippen LogP contribution in [0.2, 0.25) is 0 Å². The summed E-state index contributed by atoms with van der Waals surface area (Å²) >= 11 is 0. The number of nitrogens with zero attached hydrogens (tertiary/aromatic N) is 3. The number of nitrogens with one attached hydrogen (secondary N) is 1. The SMILES string of the molecule is CCn1nc(C)c(S(=O)(=O)Nc2cccc3c2CN(CCC(C)C)C3)c1C. The van der Waals surface area contributed by atoms with Crippen molar-refractivity contribution in [2.24, 2.45) is 5.92 Å². The number of hydrogen-bond acceptors (Lipinski definition) is 4. The molecule has 0 amide bonds. The van der Waals surface area contributed by atoms with Crippen LogP contribution in [0.3, 0.4) is 0 Å². The summed E-state index contributed by atoms with van der Waals surface area (Å²) in [6.45, 7) is 13.3. The minimum absolute atomic E-state index is 0.289. The van der Waals surface area contributed by atoms with Gasteiger partial charge in [0.15, 0.2) is 0 Å². The van der Waals surface area contributed by atoms with Crippen molar-refractivity contribution in [2.45, 2.75) is 65.6 Å². The maximum Gasteiger partial charge on any atom is 0.265 e. The van der Waals surface area contributed by atoms with E-state index in [0.29, 0.717) is 29.5 Å². The third kappa shape index (κ3) is 4.04. The Hall–Kier alpha value is -1.86. The molecule has 148 valence electrons. The zero-order chi connectivity index (χ0) is 19.8. The van der Waals surface area contributed by atoms with Crippen LogP contribution >= 0.6 is 0 Å². The van der Waals surface area contributed by atoms with Gasteiger partial charge >= 0.3 is 0 Å². The summed E-state index contributed by atoms with van der Waals surface area (Å²) in [6, 6.07) is 5.88. The number of aromatic nitrogens is 2. The molecule has 1 aromatic carbocycles. The topological polar surface area (TPSA) is 67.2 Å². The molecule has 0 bridgehead atoms. The van der Waals surface area contributed by atoms with E-state index in [9.17, 15) is 8.42 Å². The second-order valence-electron chi connectivity index (χ2n) is 7.76. The Bertz CT molecular complexity index is 932. The second-order valence-corrected chi connectivity index (χ2v) is 9.38. The molecule has 0 fully saturated rings. The van der Waals surface area contributed by atoms with E-state index in [1.165, 1.54) is 5.56 Å². The molecule has 2 aromatic rings. The molecule has 3 rings (SSSR count). The molecule has 0 saturated carbocycles. The molecule has 0 aliphatic carbocycles. The quantitative estimate of drug-likeness (QED) is 0.783. The maximum atomic E-state index is 13.1. The molecule has 1 N–H and O–H groups in total. The van der Waals surface area contributed by atoms with Gasteiger partial charge in [-0.25, -0.2) is 8.42 Å². The summed E-state index contributed by atoms with van der Waals surface area (Å²) < 4.78 is 30.7. The number of anilines is 1. The van der Waals surface area contributed by atoms with Gasteiger partial charge in [-0.3, -0.25) is 14.3 Å². The van der Waals surface area contributed by atoms with Gasteiger partial charge in [0.2, 0.25) is 0 Å². The van der Waals surface area contributed by atoms with Gasteiger partial charge in [0.1, 0.15) is 4.90 Å². The van der Waals surface area contributed by atoms with Crippen molar-refractivity contribution >= 4 is 15.7 Å². The minimum Gasteiger partial charge on any atom is -0.295 e. The summed E-state index contributed by atoms with van der Waals surface area (Å²) in [6.07, 6.45) is 1.14. The fraction of sp³-hybridized carbons (Fsp3) is 0.550. The maximum absolute atomic E-state index is 13.1. The summed E-state index contributed by atoms with van der Waals surface area (Å²) in [4.78, 5) is 2.67. The highest BCUT2D eigenvalue weighted by Gasteiger charge is 2.27. The lowest BCUT2D eigenvalue weighted by Crippen LogP contribution is -2.19. The van der Waals surface area contributed by atoms with Gasteiger partial charge in [0.05, 0.1) is 17.1 Å². The first-order chi connectivity index (χ1) is 12.7. The van der Waals surface area contributed by atoms with Crippen molar-refractivity contribution in [3.05, 3.63) is 40.7 Å². The average Bonchev–Trinajstić information content (AvgIpc) is 3.13. The highest BCUT2D eigenvalue weighted by Crippen LogP contribution is 2.32. The predicted octanol–water partition coefficient (Wildman–Crippen LogP) is 3.68. The van der Waals surface area contributed by atoms with Crippen LogP contribution in [0, 0.1) is 19.8 Å². The minimum atomic E-state index is -3.68. The molecule has 0 atom stereocenters. The summed E-state index contributed by atoms with van der Waals surface area (Å²) in [7, 11) is -3.68. The Balaban J connectivity index is 1.86. The molecule has 0 spiro atoms. The first kappa shape index (κ1) is 19.9. The van der Waals surface area contributed by atoms with E-state index in [1.807, 2.05) is 19.1 Å². The monoisotopic (exact) mass is 390 g/mol. The standard InChI is InChI=1S/C20H30N4O2S/c1-6-24-16(5)20(15(4)21-24)27(25,26)22-19-9-7-8-17-12-23(13-18(17)19)11-10-14(2)3/h7-9,14,22H,6,10-13H2,1-5H3. The largest absolute Gasteiger partial charge is 0.295 e. The zero-order valence-electron chi connectivity index (χ0n) is 16.9. The van der Waals surface area contributed by atoms with Gasteiger partial charge in [-0.1, -0.05) is 26.0 Å². The normalized spacial score (nSPS) is 14.7. The third-order valence-electron chi connectivity index (χ3n) is 5.20. The molecule has 1 aliphatic heterocycles. The van der Waals surface area contributed by atoms with Gasteiger partial charge < -0.3 is 0 Å². The van der Waals surface area contributed by atoms with Crippen LogP contribution in [0.4, 0.5) is 5.69 Å². The molecule has 1 aromatic heterocycles. The van der Waals surface area contributed by atoms with Crippen LogP contribution < -0.4 is 4.72 Å². The van der Waals surface area contributed by atoms with E-state index in [-0.39, 0.29) is 4.90 Å². The van der Waals surface area contributed by atoms with Crippen LogP contribution in [0.15, 0.2) is 23.1 Å². The lowest BCUT2D eigenvalue weighted by atomic mass is 10.1. The molecule has 0 saturated heterocycles. The lowest BCUT2D eigenvalue weighted by Gasteiger charge is -2.16. The van der Waals surface area contributed by atoms with Crippen molar-refractivity contribution in [2.75, 3.05) is 11.3 Å². The number of rotatable bonds is 7. The predicted molar refractivity (Wildman–Crippen MR) is 108 cm³/mol. The number of aryl methyl sites for hydroxylation is 2. The third-order valence-corrected chi connectivity index (χ3v) is 6.82. The number of hydrogen-bond donors (Lipinski definition) is 1. The molecule has 7 heteroatoms. The van der Waals surface area contributed by atoms with Gasteiger partial charge in [-0.05, 0) is 56.8 Å². The fourth-order valence-corrected chi connectivity index (χ4v) is 5.26. The molecular formula is C20H30N4O2S. The Morgan fingerprint density at radius 3 is 2.59 bits per heavy atom. The van der Waals surface area contributed by atoms with Crippen molar-refractivity contribution in [1.82, 2.24) is 14.7 Å². The first-order valence-corrected chi connectivity index (χ1v) is 11.1. The Labute approximate surface area is 162 Å². The molecule has 2 heterocycles. The molecule has 0 unspecified atom stereocenters.